The van der Waals surface area contributed by atoms with Crippen LogP contribution in [0, 0.1) is 0 Å². The molecule has 0 spiro atoms. The summed E-state index contributed by atoms with van der Waals surface area (Å²) < 4.78 is 49.1. The normalized spacial score (nSPS) is 13.8. The molecule has 1 aliphatic rings. The summed E-state index contributed by atoms with van der Waals surface area (Å²) in [7, 11) is 0. The molecular weight excluding hydrogens is 375 g/mol. The number of nitrogens with one attached hydrogen (secondary N) is 2. The van der Waals surface area contributed by atoms with Crippen molar-refractivity contribution < 1.29 is 27.4 Å². The number of anilines is 1. The van der Waals surface area contributed by atoms with Gasteiger partial charge in [0.05, 0.1) is 17.8 Å². The van der Waals surface area contributed by atoms with Crippen molar-refractivity contribution in [1.82, 2.24) is 5.43 Å². The van der Waals surface area contributed by atoms with Crippen LogP contribution in [0.25, 0.3) is 0 Å². The molecule has 0 aliphatic carbocycles. The molecule has 0 atom stereocenters. The molecule has 6 nitrogen and oxygen atoms in total. The van der Waals surface area contributed by atoms with E-state index in [4.69, 9.17) is 9.47 Å². The van der Waals surface area contributed by atoms with Gasteiger partial charge in [-0.3, -0.25) is 4.79 Å². The van der Waals surface area contributed by atoms with E-state index in [9.17, 15) is 18.0 Å². The molecule has 2 N–H and O–H groups in total. The van der Waals surface area contributed by atoms with E-state index >= 15 is 0 Å². The standard InChI is InChI=1S/C19H18F3N3O3/c1-12(13-5-6-16-17(9-13)28-8-7-27-16)24-25-18(26)11-23-15-4-2-3-14(10-15)19(20,21)22/h2-6,9-10,23H,7-8,11H2,1H3,(H,25,26). The van der Waals surface area contributed by atoms with Crippen molar-refractivity contribution in [3.8, 4) is 11.5 Å². The topological polar surface area (TPSA) is 72.0 Å². The Bertz CT molecular complexity index is 897. The van der Waals surface area contributed by atoms with Gasteiger partial charge >= 0.3 is 6.18 Å². The Morgan fingerprint density at radius 2 is 1.86 bits per heavy atom. The molecule has 0 radical (unpaired) electrons. The Morgan fingerprint density at radius 3 is 2.61 bits per heavy atom. The summed E-state index contributed by atoms with van der Waals surface area (Å²) in [5.74, 6) is 0.766. The van der Waals surface area contributed by atoms with Gasteiger partial charge in [0.2, 0.25) is 0 Å². The summed E-state index contributed by atoms with van der Waals surface area (Å²) in [6.07, 6.45) is -4.44. The minimum atomic E-state index is -4.44. The van der Waals surface area contributed by atoms with Crippen molar-refractivity contribution in [2.24, 2.45) is 5.10 Å². The number of amides is 1. The van der Waals surface area contributed by atoms with Crippen LogP contribution in [0.5, 0.6) is 11.5 Å². The van der Waals surface area contributed by atoms with Crippen LogP contribution < -0.4 is 20.2 Å². The van der Waals surface area contributed by atoms with Crippen LogP contribution in [-0.4, -0.2) is 31.4 Å². The number of nitrogens with zero attached hydrogens (tertiary/aromatic N) is 1. The molecule has 0 saturated carbocycles. The molecule has 0 aromatic heterocycles. The zero-order valence-electron chi connectivity index (χ0n) is 15.0. The zero-order chi connectivity index (χ0) is 20.1. The van der Waals surface area contributed by atoms with Gasteiger partial charge in [0.25, 0.3) is 5.91 Å². The average Bonchev–Trinajstić information content (AvgIpc) is 2.69. The number of rotatable bonds is 5. The number of hydrogen-bond donors (Lipinski definition) is 2. The first-order chi connectivity index (χ1) is 13.3. The second kappa shape index (κ2) is 8.20. The third-order valence-electron chi connectivity index (χ3n) is 3.95. The van der Waals surface area contributed by atoms with Crippen molar-refractivity contribution in [3.63, 3.8) is 0 Å². The van der Waals surface area contributed by atoms with E-state index in [0.29, 0.717) is 30.4 Å². The lowest BCUT2D eigenvalue weighted by molar-refractivity contribution is -0.137. The van der Waals surface area contributed by atoms with Gasteiger partial charge in [0, 0.05) is 11.3 Å². The van der Waals surface area contributed by atoms with Crippen molar-refractivity contribution >= 4 is 17.3 Å². The summed E-state index contributed by atoms with van der Waals surface area (Å²) in [5, 5.41) is 6.66. The van der Waals surface area contributed by atoms with Crippen molar-refractivity contribution in [1.29, 1.82) is 0 Å². The number of hydrazone groups is 1. The highest BCUT2D eigenvalue weighted by molar-refractivity contribution is 6.00. The van der Waals surface area contributed by atoms with Gasteiger partial charge in [-0.25, -0.2) is 5.43 Å². The van der Waals surface area contributed by atoms with Crippen LogP contribution in [0.1, 0.15) is 18.1 Å². The Kier molecular flexibility index (Phi) is 5.72. The Hall–Kier alpha value is -3.23. The molecule has 0 fully saturated rings. The number of carbonyl (C=O) groups is 1. The van der Waals surface area contributed by atoms with E-state index in [-0.39, 0.29) is 12.2 Å². The fourth-order valence-corrected chi connectivity index (χ4v) is 2.51. The smallest absolute Gasteiger partial charge is 0.416 e. The number of hydrogen-bond acceptors (Lipinski definition) is 5. The van der Waals surface area contributed by atoms with Gasteiger partial charge in [0.1, 0.15) is 13.2 Å². The van der Waals surface area contributed by atoms with Gasteiger partial charge in [0.15, 0.2) is 11.5 Å². The highest BCUT2D eigenvalue weighted by Crippen LogP contribution is 2.31. The summed E-state index contributed by atoms with van der Waals surface area (Å²) in [6.45, 7) is 2.45. The molecule has 1 heterocycles. The quantitative estimate of drug-likeness (QED) is 0.603. The number of carbonyl (C=O) groups excluding carboxylic acids is 1. The van der Waals surface area contributed by atoms with E-state index in [0.717, 1.165) is 17.7 Å². The summed E-state index contributed by atoms with van der Waals surface area (Å²) >= 11 is 0. The lowest BCUT2D eigenvalue weighted by Gasteiger charge is -2.18. The van der Waals surface area contributed by atoms with Crippen LogP contribution in [0.2, 0.25) is 0 Å². The molecule has 3 rings (SSSR count). The molecule has 1 amide bonds. The number of ether oxygens (including phenoxy) is 2. The van der Waals surface area contributed by atoms with Gasteiger partial charge in [-0.05, 0) is 43.3 Å². The first-order valence-corrected chi connectivity index (χ1v) is 8.47. The molecule has 9 heteroatoms. The largest absolute Gasteiger partial charge is 0.486 e. The molecule has 1 aliphatic heterocycles. The monoisotopic (exact) mass is 393 g/mol. The maximum Gasteiger partial charge on any atom is 0.416 e. The van der Waals surface area contributed by atoms with Gasteiger partial charge in [-0.15, -0.1) is 0 Å². The van der Waals surface area contributed by atoms with Crippen LogP contribution in [0.15, 0.2) is 47.6 Å². The number of fused-ring (bicyclic) bond motifs is 1. The van der Waals surface area contributed by atoms with Crippen molar-refractivity contribution in [3.05, 3.63) is 53.6 Å². The molecule has 2 aromatic carbocycles. The molecule has 28 heavy (non-hydrogen) atoms. The predicted octanol–water partition coefficient (Wildman–Crippen LogP) is 3.43. The molecule has 148 valence electrons. The third kappa shape index (κ3) is 4.93. The number of alkyl halides is 3. The molecule has 0 unspecified atom stereocenters. The summed E-state index contributed by atoms with van der Waals surface area (Å²) in [4.78, 5) is 11.9. The van der Waals surface area contributed by atoms with Crippen molar-refractivity contribution in [2.45, 2.75) is 13.1 Å². The average molecular weight is 393 g/mol. The first kappa shape index (κ1) is 19.5. The summed E-state index contributed by atoms with van der Waals surface area (Å²) in [5.41, 5.74) is 3.07. The molecule has 0 bridgehead atoms. The zero-order valence-corrected chi connectivity index (χ0v) is 15.0. The lowest BCUT2D eigenvalue weighted by Crippen LogP contribution is -2.27. The van der Waals surface area contributed by atoms with Crippen LogP contribution >= 0.6 is 0 Å². The minimum Gasteiger partial charge on any atom is -0.486 e. The van der Waals surface area contributed by atoms with Crippen LogP contribution in [0.3, 0.4) is 0 Å². The van der Waals surface area contributed by atoms with Crippen LogP contribution in [0.4, 0.5) is 18.9 Å². The van der Waals surface area contributed by atoms with Gasteiger partial charge < -0.3 is 14.8 Å². The fraction of sp³-hybridized carbons (Fsp3) is 0.263. The molecular formula is C19H18F3N3O3. The van der Waals surface area contributed by atoms with E-state index in [2.05, 4.69) is 15.8 Å². The van der Waals surface area contributed by atoms with Crippen LogP contribution in [-0.2, 0) is 11.0 Å². The van der Waals surface area contributed by atoms with E-state index in [1.165, 1.54) is 12.1 Å². The Balaban J connectivity index is 1.56. The second-order valence-corrected chi connectivity index (χ2v) is 6.02. The molecule has 0 saturated heterocycles. The SMILES string of the molecule is CC(=NNC(=O)CNc1cccc(C(F)(F)F)c1)c1ccc2c(c1)OCCO2. The highest BCUT2D eigenvalue weighted by atomic mass is 19.4. The third-order valence-corrected chi connectivity index (χ3v) is 3.95. The maximum absolute atomic E-state index is 12.7. The number of benzene rings is 2. The highest BCUT2D eigenvalue weighted by Gasteiger charge is 2.30. The fourth-order valence-electron chi connectivity index (χ4n) is 2.51. The Morgan fingerprint density at radius 1 is 1.11 bits per heavy atom. The van der Waals surface area contributed by atoms with Gasteiger partial charge in [-0.1, -0.05) is 6.07 Å². The van der Waals surface area contributed by atoms with Crippen molar-refractivity contribution in [2.75, 3.05) is 25.1 Å². The van der Waals surface area contributed by atoms with E-state index in [1.807, 2.05) is 0 Å². The first-order valence-electron chi connectivity index (χ1n) is 8.47. The summed E-state index contributed by atoms with van der Waals surface area (Å²) in [6, 6.07) is 9.95. The Labute approximate surface area is 159 Å². The molecule has 2 aromatic rings. The maximum atomic E-state index is 12.7. The second-order valence-electron chi connectivity index (χ2n) is 6.02. The predicted molar refractivity (Wildman–Crippen MR) is 97.7 cm³/mol. The number of halogens is 3. The van der Waals surface area contributed by atoms with E-state index in [1.54, 1.807) is 25.1 Å². The van der Waals surface area contributed by atoms with E-state index < -0.39 is 17.6 Å². The lowest BCUT2D eigenvalue weighted by atomic mass is 10.1. The minimum absolute atomic E-state index is 0.192. The van der Waals surface area contributed by atoms with Gasteiger partial charge in [-0.2, -0.15) is 18.3 Å².